The van der Waals surface area contributed by atoms with Gasteiger partial charge in [-0.25, -0.2) is 0 Å². The van der Waals surface area contributed by atoms with Gasteiger partial charge >= 0.3 is 6.18 Å². The number of morpholine rings is 1. The van der Waals surface area contributed by atoms with Gasteiger partial charge in [0.25, 0.3) is 11.8 Å². The zero-order chi connectivity index (χ0) is 28.3. The van der Waals surface area contributed by atoms with Gasteiger partial charge in [-0.15, -0.1) is 0 Å². The standard InChI is InChI=1S/C28H29F3N4O5/c1-17-2-3-21(15-23(17)24-16-25(40-34-24)27(37)32-20-4-8-38-9-5-20)33-26(36)18-12-19(28(29,30)31)14-22(13-18)35-6-10-39-11-7-35/h2-3,12-16,20H,4-11H2,1H3,(H,32,37)(H,33,36). The van der Waals surface area contributed by atoms with Crippen LogP contribution >= 0.6 is 0 Å². The highest BCUT2D eigenvalue weighted by atomic mass is 19.4. The van der Waals surface area contributed by atoms with Crippen molar-refractivity contribution in [1.82, 2.24) is 10.5 Å². The Hall–Kier alpha value is -3.90. The van der Waals surface area contributed by atoms with Crippen molar-refractivity contribution in [1.29, 1.82) is 0 Å². The summed E-state index contributed by atoms with van der Waals surface area (Å²) in [5, 5.41) is 9.63. The van der Waals surface area contributed by atoms with Crippen molar-refractivity contribution in [3.63, 3.8) is 0 Å². The largest absolute Gasteiger partial charge is 0.416 e. The molecule has 0 unspecified atom stereocenters. The molecule has 3 aromatic rings. The molecule has 2 aromatic carbocycles. The zero-order valence-electron chi connectivity index (χ0n) is 21.8. The smallest absolute Gasteiger partial charge is 0.381 e. The minimum Gasteiger partial charge on any atom is -0.381 e. The fraction of sp³-hybridized carbons (Fsp3) is 0.393. The van der Waals surface area contributed by atoms with E-state index in [4.69, 9.17) is 14.0 Å². The van der Waals surface area contributed by atoms with E-state index in [1.807, 2.05) is 6.92 Å². The Kier molecular flexibility index (Phi) is 8.08. The van der Waals surface area contributed by atoms with Gasteiger partial charge in [-0.05, 0) is 55.7 Å². The van der Waals surface area contributed by atoms with Gasteiger partial charge in [0.2, 0.25) is 5.76 Å². The van der Waals surface area contributed by atoms with Crippen molar-refractivity contribution in [3.8, 4) is 11.3 Å². The number of anilines is 2. The average molecular weight is 559 g/mol. The third-order valence-electron chi connectivity index (χ3n) is 6.95. The third kappa shape index (κ3) is 6.45. The summed E-state index contributed by atoms with van der Waals surface area (Å²) in [4.78, 5) is 27.5. The van der Waals surface area contributed by atoms with Crippen LogP contribution in [0.5, 0.6) is 0 Å². The molecule has 2 aliphatic rings. The summed E-state index contributed by atoms with van der Waals surface area (Å²) in [6.07, 6.45) is -3.18. The molecular formula is C28H29F3N4O5. The van der Waals surface area contributed by atoms with Gasteiger partial charge in [0.15, 0.2) is 0 Å². The molecule has 0 spiro atoms. The molecule has 40 heavy (non-hydrogen) atoms. The molecule has 9 nitrogen and oxygen atoms in total. The SMILES string of the molecule is Cc1ccc(NC(=O)c2cc(N3CCOCC3)cc(C(F)(F)F)c2)cc1-c1cc(C(=O)NC2CCOCC2)on1. The number of hydrogen-bond donors (Lipinski definition) is 2. The van der Waals surface area contributed by atoms with Gasteiger partial charge in [0, 0.05) is 60.9 Å². The Bertz CT molecular complexity index is 1380. The Morgan fingerprint density at radius 2 is 1.68 bits per heavy atom. The molecule has 0 atom stereocenters. The molecule has 2 aliphatic heterocycles. The Morgan fingerprint density at radius 3 is 2.40 bits per heavy atom. The molecule has 3 heterocycles. The van der Waals surface area contributed by atoms with Crippen LogP contribution in [-0.2, 0) is 15.7 Å². The van der Waals surface area contributed by atoms with Crippen molar-refractivity contribution in [2.75, 3.05) is 49.7 Å². The molecule has 0 saturated carbocycles. The number of amides is 2. The summed E-state index contributed by atoms with van der Waals surface area (Å²) in [6, 6.07) is 9.88. The van der Waals surface area contributed by atoms with E-state index in [0.717, 1.165) is 17.7 Å². The minimum absolute atomic E-state index is 0.00492. The molecular weight excluding hydrogens is 529 g/mol. The lowest BCUT2D eigenvalue weighted by molar-refractivity contribution is -0.137. The number of nitrogens with zero attached hydrogens (tertiary/aromatic N) is 2. The molecule has 1 aromatic heterocycles. The van der Waals surface area contributed by atoms with E-state index in [1.54, 1.807) is 23.1 Å². The lowest BCUT2D eigenvalue weighted by Crippen LogP contribution is -2.38. The minimum atomic E-state index is -4.62. The van der Waals surface area contributed by atoms with Gasteiger partial charge in [-0.2, -0.15) is 13.2 Å². The number of nitrogens with one attached hydrogen (secondary N) is 2. The first-order valence-electron chi connectivity index (χ1n) is 13.0. The van der Waals surface area contributed by atoms with Gasteiger partial charge < -0.3 is 29.5 Å². The van der Waals surface area contributed by atoms with Gasteiger partial charge in [0.05, 0.1) is 18.8 Å². The molecule has 2 N–H and O–H groups in total. The summed E-state index contributed by atoms with van der Waals surface area (Å²) >= 11 is 0. The number of carbonyl (C=O) groups is 2. The lowest BCUT2D eigenvalue weighted by atomic mass is 10.0. The maximum atomic E-state index is 13.7. The van der Waals surface area contributed by atoms with E-state index in [-0.39, 0.29) is 23.3 Å². The number of ether oxygens (including phenoxy) is 2. The van der Waals surface area contributed by atoms with Crippen LogP contribution in [0.25, 0.3) is 11.3 Å². The van der Waals surface area contributed by atoms with Crippen LogP contribution in [0.1, 0.15) is 44.9 Å². The summed E-state index contributed by atoms with van der Waals surface area (Å²) < 4.78 is 56.9. The average Bonchev–Trinajstić information content (AvgIpc) is 3.45. The number of aryl methyl sites for hydroxylation is 1. The lowest BCUT2D eigenvalue weighted by Gasteiger charge is -2.29. The van der Waals surface area contributed by atoms with Crippen LogP contribution in [0.2, 0.25) is 0 Å². The highest BCUT2D eigenvalue weighted by Gasteiger charge is 2.32. The monoisotopic (exact) mass is 558 g/mol. The molecule has 12 heteroatoms. The first kappa shape index (κ1) is 27.7. The van der Waals surface area contributed by atoms with Crippen molar-refractivity contribution in [3.05, 3.63) is 64.9 Å². The number of alkyl halides is 3. The van der Waals surface area contributed by atoms with E-state index in [2.05, 4.69) is 15.8 Å². The van der Waals surface area contributed by atoms with Gasteiger partial charge in [-0.1, -0.05) is 11.2 Å². The molecule has 2 saturated heterocycles. The van der Waals surface area contributed by atoms with E-state index in [0.29, 0.717) is 75.0 Å². The van der Waals surface area contributed by atoms with Crippen molar-refractivity contribution >= 4 is 23.2 Å². The van der Waals surface area contributed by atoms with Crippen molar-refractivity contribution in [2.24, 2.45) is 0 Å². The van der Waals surface area contributed by atoms with Crippen LogP contribution in [0.3, 0.4) is 0 Å². The second-order valence-electron chi connectivity index (χ2n) is 9.79. The summed E-state index contributed by atoms with van der Waals surface area (Å²) in [5.41, 5.74) is 1.43. The fourth-order valence-corrected chi connectivity index (χ4v) is 4.70. The van der Waals surface area contributed by atoms with Crippen LogP contribution in [0.4, 0.5) is 24.5 Å². The van der Waals surface area contributed by atoms with Crippen LogP contribution in [0.15, 0.2) is 47.0 Å². The summed E-state index contributed by atoms with van der Waals surface area (Å²) in [5.74, 6) is -1.02. The maximum absolute atomic E-state index is 13.7. The molecule has 212 valence electrons. The van der Waals surface area contributed by atoms with Gasteiger partial charge in [0.1, 0.15) is 5.69 Å². The van der Waals surface area contributed by atoms with Crippen LogP contribution < -0.4 is 15.5 Å². The topological polar surface area (TPSA) is 106 Å². The highest BCUT2D eigenvalue weighted by Crippen LogP contribution is 2.34. The number of benzene rings is 2. The molecule has 0 bridgehead atoms. The first-order valence-corrected chi connectivity index (χ1v) is 13.0. The fourth-order valence-electron chi connectivity index (χ4n) is 4.70. The Labute approximate surface area is 228 Å². The molecule has 0 radical (unpaired) electrons. The second-order valence-corrected chi connectivity index (χ2v) is 9.79. The van der Waals surface area contributed by atoms with Crippen molar-refractivity contribution in [2.45, 2.75) is 32.0 Å². The molecule has 2 amide bonds. The summed E-state index contributed by atoms with van der Waals surface area (Å²) in [7, 11) is 0. The van der Waals surface area contributed by atoms with E-state index in [1.165, 1.54) is 12.1 Å². The molecule has 5 rings (SSSR count). The quantitative estimate of drug-likeness (QED) is 0.453. The van der Waals surface area contributed by atoms with Gasteiger partial charge in [-0.3, -0.25) is 9.59 Å². The first-order chi connectivity index (χ1) is 19.2. The van der Waals surface area contributed by atoms with Crippen molar-refractivity contribution < 1.29 is 36.8 Å². The van der Waals surface area contributed by atoms with E-state index >= 15 is 0 Å². The van der Waals surface area contributed by atoms with E-state index < -0.39 is 17.6 Å². The maximum Gasteiger partial charge on any atom is 0.416 e. The number of hydrogen-bond acceptors (Lipinski definition) is 7. The summed E-state index contributed by atoms with van der Waals surface area (Å²) in [6.45, 7) is 4.64. The number of carbonyl (C=O) groups excluding carboxylic acids is 2. The number of aromatic nitrogens is 1. The highest BCUT2D eigenvalue weighted by molar-refractivity contribution is 6.05. The Balaban J connectivity index is 1.35. The third-order valence-corrected chi connectivity index (χ3v) is 6.95. The van der Waals surface area contributed by atoms with E-state index in [9.17, 15) is 22.8 Å². The zero-order valence-corrected chi connectivity index (χ0v) is 21.8. The molecule has 0 aliphatic carbocycles. The van der Waals surface area contributed by atoms with Crippen LogP contribution in [0, 0.1) is 6.92 Å². The van der Waals surface area contributed by atoms with Crippen LogP contribution in [-0.4, -0.2) is 62.5 Å². The number of rotatable bonds is 6. The predicted molar refractivity (Wildman–Crippen MR) is 140 cm³/mol. The predicted octanol–water partition coefficient (Wildman–Crippen LogP) is 4.67. The Morgan fingerprint density at radius 1 is 0.950 bits per heavy atom. The molecule has 2 fully saturated rings. The normalized spacial score (nSPS) is 16.6. The second kappa shape index (κ2) is 11.7. The number of halogens is 3.